The summed E-state index contributed by atoms with van der Waals surface area (Å²) in [6, 6.07) is 4.35. The third kappa shape index (κ3) is 1.17. The van der Waals surface area contributed by atoms with Gasteiger partial charge in [-0.05, 0) is 12.1 Å². The summed E-state index contributed by atoms with van der Waals surface area (Å²) in [4.78, 5) is 34.9. The Kier molecular flexibility index (Phi) is 1.86. The van der Waals surface area contributed by atoms with Crippen molar-refractivity contribution in [3.63, 3.8) is 0 Å². The summed E-state index contributed by atoms with van der Waals surface area (Å²) < 4.78 is 0.776. The van der Waals surface area contributed by atoms with Crippen molar-refractivity contribution in [2.45, 2.75) is 5.54 Å². The van der Waals surface area contributed by atoms with E-state index in [1.54, 1.807) is 18.2 Å². The van der Waals surface area contributed by atoms with Crippen LogP contribution in [0.4, 0.5) is 10.5 Å². The molecule has 2 aliphatic rings. The van der Waals surface area contributed by atoms with Gasteiger partial charge in [0.2, 0.25) is 5.54 Å². The van der Waals surface area contributed by atoms with E-state index in [1.807, 2.05) is 0 Å². The fraction of sp³-hybridized carbons (Fsp3) is 0.100. The number of anilines is 1. The summed E-state index contributed by atoms with van der Waals surface area (Å²) in [6.07, 6.45) is 0. The van der Waals surface area contributed by atoms with Gasteiger partial charge in [-0.15, -0.1) is 0 Å². The molecule has 0 saturated carbocycles. The normalized spacial score (nSPS) is 25.6. The van der Waals surface area contributed by atoms with Crippen LogP contribution in [0.5, 0.6) is 0 Å². The van der Waals surface area contributed by atoms with Crippen molar-refractivity contribution in [3.05, 3.63) is 28.2 Å². The van der Waals surface area contributed by atoms with Gasteiger partial charge < -0.3 is 10.6 Å². The van der Waals surface area contributed by atoms with Crippen LogP contribution in [-0.4, -0.2) is 17.8 Å². The average Bonchev–Trinajstić information content (AvgIpc) is 2.68. The summed E-state index contributed by atoms with van der Waals surface area (Å²) in [5.74, 6) is -1.20. The van der Waals surface area contributed by atoms with Gasteiger partial charge in [-0.1, -0.05) is 22.0 Å². The number of fused-ring (bicyclic) bond motifs is 2. The van der Waals surface area contributed by atoms with Crippen LogP contribution in [0.1, 0.15) is 5.56 Å². The standard InChI is InChI=1S/C10H6BrN3O3/c11-4-1-2-5-6(3-4)12-7(15)10(5)8(16)13-9(17)14-10/h1-3H,(H,12,15)(H2,13,14,16,17). The summed E-state index contributed by atoms with van der Waals surface area (Å²) in [7, 11) is 0. The molecule has 1 unspecified atom stereocenters. The van der Waals surface area contributed by atoms with E-state index < -0.39 is 23.4 Å². The molecule has 6 nitrogen and oxygen atoms in total. The second-order valence-electron chi connectivity index (χ2n) is 3.80. The van der Waals surface area contributed by atoms with E-state index in [1.165, 1.54) is 0 Å². The Hall–Kier alpha value is -1.89. The number of imide groups is 1. The highest BCUT2D eigenvalue weighted by molar-refractivity contribution is 9.10. The number of carbonyl (C=O) groups excluding carboxylic acids is 3. The summed E-state index contributed by atoms with van der Waals surface area (Å²) in [5.41, 5.74) is -0.650. The maximum Gasteiger partial charge on any atom is 0.323 e. The van der Waals surface area contributed by atoms with E-state index in [0.717, 1.165) is 4.47 Å². The number of rotatable bonds is 0. The Balaban J connectivity index is 2.24. The predicted molar refractivity (Wildman–Crippen MR) is 61.1 cm³/mol. The Morgan fingerprint density at radius 2 is 1.76 bits per heavy atom. The first-order valence-corrected chi connectivity index (χ1v) is 5.58. The van der Waals surface area contributed by atoms with Crippen LogP contribution in [0.15, 0.2) is 22.7 Å². The van der Waals surface area contributed by atoms with E-state index in [4.69, 9.17) is 0 Å². The molecule has 2 heterocycles. The molecular formula is C10H6BrN3O3. The molecule has 1 spiro atoms. The number of hydrogen-bond donors (Lipinski definition) is 3. The quantitative estimate of drug-likeness (QED) is 0.479. The van der Waals surface area contributed by atoms with Crippen molar-refractivity contribution in [2.75, 3.05) is 5.32 Å². The molecule has 17 heavy (non-hydrogen) atoms. The van der Waals surface area contributed by atoms with E-state index in [0.29, 0.717) is 11.3 Å². The van der Waals surface area contributed by atoms with Crippen LogP contribution in [0.25, 0.3) is 0 Å². The average molecular weight is 296 g/mol. The smallest absolute Gasteiger partial charge is 0.323 e. The lowest BCUT2D eigenvalue weighted by atomic mass is 9.92. The second kappa shape index (κ2) is 3.07. The zero-order valence-electron chi connectivity index (χ0n) is 8.33. The van der Waals surface area contributed by atoms with Crippen LogP contribution in [0.3, 0.4) is 0 Å². The van der Waals surface area contributed by atoms with E-state index >= 15 is 0 Å². The number of nitrogens with one attached hydrogen (secondary N) is 3. The predicted octanol–water partition coefficient (Wildman–Crippen LogP) is 0.436. The van der Waals surface area contributed by atoms with Gasteiger partial charge in [0, 0.05) is 15.7 Å². The van der Waals surface area contributed by atoms with Gasteiger partial charge in [0.25, 0.3) is 11.8 Å². The van der Waals surface area contributed by atoms with Gasteiger partial charge in [-0.25, -0.2) is 4.79 Å². The van der Waals surface area contributed by atoms with Crippen molar-refractivity contribution >= 4 is 39.5 Å². The first-order chi connectivity index (χ1) is 8.04. The monoisotopic (exact) mass is 295 g/mol. The molecule has 4 amide bonds. The molecule has 0 radical (unpaired) electrons. The van der Waals surface area contributed by atoms with Crippen molar-refractivity contribution in [2.24, 2.45) is 0 Å². The zero-order chi connectivity index (χ0) is 12.2. The van der Waals surface area contributed by atoms with Crippen molar-refractivity contribution in [3.8, 4) is 0 Å². The largest absolute Gasteiger partial charge is 0.323 e. The third-order valence-corrected chi connectivity index (χ3v) is 3.34. The van der Waals surface area contributed by atoms with Crippen LogP contribution < -0.4 is 16.0 Å². The SMILES string of the molecule is O=C1NC(=O)C2(N1)C(=O)Nc1cc(Br)ccc12. The van der Waals surface area contributed by atoms with Crippen LogP contribution in [-0.2, 0) is 15.1 Å². The minimum atomic E-state index is -1.62. The van der Waals surface area contributed by atoms with Crippen molar-refractivity contribution in [1.82, 2.24) is 10.6 Å². The molecule has 0 bridgehead atoms. The Morgan fingerprint density at radius 3 is 2.41 bits per heavy atom. The lowest BCUT2D eigenvalue weighted by Gasteiger charge is -2.17. The fourth-order valence-corrected chi connectivity index (χ4v) is 2.45. The van der Waals surface area contributed by atoms with Crippen LogP contribution in [0, 0.1) is 0 Å². The number of urea groups is 1. The molecule has 0 aliphatic carbocycles. The van der Waals surface area contributed by atoms with Gasteiger partial charge in [0.15, 0.2) is 0 Å². The Morgan fingerprint density at radius 1 is 1.06 bits per heavy atom. The first-order valence-electron chi connectivity index (χ1n) is 4.79. The lowest BCUT2D eigenvalue weighted by Crippen LogP contribution is -2.49. The van der Waals surface area contributed by atoms with E-state index in [-0.39, 0.29) is 0 Å². The fourth-order valence-electron chi connectivity index (χ4n) is 2.09. The molecule has 1 atom stereocenters. The molecular weight excluding hydrogens is 290 g/mol. The topological polar surface area (TPSA) is 87.3 Å². The molecule has 1 aromatic rings. The summed E-state index contributed by atoms with van der Waals surface area (Å²) in [6.45, 7) is 0. The minimum absolute atomic E-state index is 0.453. The minimum Gasteiger partial charge on any atom is -0.323 e. The second-order valence-corrected chi connectivity index (χ2v) is 4.72. The highest BCUT2D eigenvalue weighted by atomic mass is 79.9. The van der Waals surface area contributed by atoms with Crippen molar-refractivity contribution < 1.29 is 14.4 Å². The maximum atomic E-state index is 11.9. The zero-order valence-corrected chi connectivity index (χ0v) is 9.92. The molecule has 1 saturated heterocycles. The number of carbonyl (C=O) groups is 3. The number of halogens is 1. The first kappa shape index (κ1) is 10.3. The number of hydrogen-bond acceptors (Lipinski definition) is 3. The molecule has 0 aromatic heterocycles. The highest BCUT2D eigenvalue weighted by Gasteiger charge is 2.58. The van der Waals surface area contributed by atoms with Gasteiger partial charge in [-0.2, -0.15) is 0 Å². The van der Waals surface area contributed by atoms with Crippen LogP contribution >= 0.6 is 15.9 Å². The molecule has 3 rings (SSSR count). The Labute approximate surface area is 104 Å². The van der Waals surface area contributed by atoms with E-state index in [9.17, 15) is 14.4 Å². The molecule has 2 aliphatic heterocycles. The van der Waals surface area contributed by atoms with Crippen LogP contribution in [0.2, 0.25) is 0 Å². The maximum absolute atomic E-state index is 11.9. The highest BCUT2D eigenvalue weighted by Crippen LogP contribution is 2.39. The Bertz CT molecular complexity index is 586. The van der Waals surface area contributed by atoms with Gasteiger partial charge in [0.05, 0.1) is 0 Å². The van der Waals surface area contributed by atoms with Crippen molar-refractivity contribution in [1.29, 1.82) is 0 Å². The number of amides is 4. The van der Waals surface area contributed by atoms with E-state index in [2.05, 4.69) is 31.9 Å². The van der Waals surface area contributed by atoms with Gasteiger partial charge in [0.1, 0.15) is 0 Å². The molecule has 1 aromatic carbocycles. The molecule has 7 heteroatoms. The lowest BCUT2D eigenvalue weighted by molar-refractivity contribution is -0.132. The molecule has 3 N–H and O–H groups in total. The number of benzene rings is 1. The van der Waals surface area contributed by atoms with Gasteiger partial charge >= 0.3 is 6.03 Å². The van der Waals surface area contributed by atoms with Gasteiger partial charge in [-0.3, -0.25) is 14.9 Å². The molecule has 86 valence electrons. The molecule has 1 fully saturated rings. The summed E-state index contributed by atoms with van der Waals surface area (Å²) >= 11 is 3.27. The summed E-state index contributed by atoms with van der Waals surface area (Å²) in [5, 5.41) is 7.03. The third-order valence-electron chi connectivity index (χ3n) is 2.84.